The zero-order valence-electron chi connectivity index (χ0n) is 20.7. The van der Waals surface area contributed by atoms with Gasteiger partial charge in [-0.05, 0) is 50.2 Å². The first kappa shape index (κ1) is 29.3. The van der Waals surface area contributed by atoms with E-state index in [2.05, 4.69) is 35.8 Å². The van der Waals surface area contributed by atoms with Gasteiger partial charge in [-0.3, -0.25) is 9.59 Å². The number of pyridine rings is 1. The fourth-order valence-corrected chi connectivity index (χ4v) is 3.00. The Morgan fingerprint density at radius 3 is 2.27 bits per heavy atom. The van der Waals surface area contributed by atoms with Crippen LogP contribution >= 0.6 is 0 Å². The van der Waals surface area contributed by atoms with Crippen LogP contribution in [0.4, 0.5) is 29.1 Å². The Bertz CT molecular complexity index is 1510. The highest BCUT2D eigenvalue weighted by atomic mass is 19.4. The zero-order chi connectivity index (χ0) is 29.4. The molecular formula is C24H20F4N8O4. The predicted molar refractivity (Wildman–Crippen MR) is 132 cm³/mol. The average molecular weight is 560 g/mol. The van der Waals surface area contributed by atoms with Crippen molar-refractivity contribution >= 4 is 29.3 Å². The number of hydrogen-bond acceptors (Lipinski definition) is 8. The number of carbonyl (C=O) groups is 3. The number of rotatable bonds is 6. The lowest BCUT2D eigenvalue weighted by Gasteiger charge is -2.11. The quantitative estimate of drug-likeness (QED) is 0.296. The normalized spacial score (nSPS) is 10.9. The minimum atomic E-state index is -5.08. The van der Waals surface area contributed by atoms with E-state index in [1.54, 1.807) is 30.6 Å². The molecule has 0 aliphatic heterocycles. The average Bonchev–Trinajstić information content (AvgIpc) is 3.41. The molecule has 16 heteroatoms. The zero-order valence-corrected chi connectivity index (χ0v) is 20.7. The molecule has 0 aliphatic rings. The molecule has 12 nitrogen and oxygen atoms in total. The van der Waals surface area contributed by atoms with Gasteiger partial charge in [0, 0.05) is 24.1 Å². The second-order valence-corrected chi connectivity index (χ2v) is 8.04. The van der Waals surface area contributed by atoms with Crippen LogP contribution < -0.4 is 10.6 Å². The summed E-state index contributed by atoms with van der Waals surface area (Å²) in [6.07, 6.45) is -0.630. The van der Waals surface area contributed by atoms with Crippen LogP contribution in [-0.2, 0) is 4.79 Å². The third-order valence-electron chi connectivity index (χ3n) is 4.83. The first-order valence-electron chi connectivity index (χ1n) is 11.2. The Morgan fingerprint density at radius 2 is 1.65 bits per heavy atom. The summed E-state index contributed by atoms with van der Waals surface area (Å²) in [6, 6.07) is 10.4. The van der Waals surface area contributed by atoms with Crippen LogP contribution in [0.5, 0.6) is 0 Å². The molecule has 0 spiro atoms. The van der Waals surface area contributed by atoms with Crippen molar-refractivity contribution in [2.24, 2.45) is 0 Å². The number of aromatic nitrogens is 6. The second-order valence-electron chi connectivity index (χ2n) is 8.04. The number of carbonyl (C=O) groups excluding carboxylic acids is 2. The van der Waals surface area contributed by atoms with Crippen LogP contribution in [-0.4, -0.2) is 58.8 Å². The van der Waals surface area contributed by atoms with Gasteiger partial charge in [0.1, 0.15) is 23.7 Å². The van der Waals surface area contributed by atoms with Crippen molar-refractivity contribution in [3.63, 3.8) is 0 Å². The van der Waals surface area contributed by atoms with Crippen LogP contribution in [0.15, 0.2) is 61.2 Å². The molecule has 40 heavy (non-hydrogen) atoms. The number of hydrogen-bond donors (Lipinski definition) is 3. The van der Waals surface area contributed by atoms with Gasteiger partial charge in [0.05, 0.1) is 5.56 Å². The van der Waals surface area contributed by atoms with Crippen LogP contribution in [0.1, 0.15) is 40.9 Å². The molecule has 4 rings (SSSR count). The highest BCUT2D eigenvalue weighted by molar-refractivity contribution is 6.06. The molecule has 0 aliphatic carbocycles. The molecule has 2 amide bonds. The number of anilines is 2. The molecule has 0 fully saturated rings. The first-order chi connectivity index (χ1) is 18.9. The number of alkyl halides is 3. The van der Waals surface area contributed by atoms with Gasteiger partial charge in [0.2, 0.25) is 5.82 Å². The van der Waals surface area contributed by atoms with Gasteiger partial charge in [0.25, 0.3) is 11.8 Å². The molecular weight excluding hydrogens is 540 g/mol. The Morgan fingerprint density at radius 1 is 0.975 bits per heavy atom. The molecule has 0 unspecified atom stereocenters. The maximum atomic E-state index is 14.4. The summed E-state index contributed by atoms with van der Waals surface area (Å²) in [5.74, 6) is -4.12. The fourth-order valence-electron chi connectivity index (χ4n) is 3.00. The van der Waals surface area contributed by atoms with Crippen molar-refractivity contribution in [2.75, 3.05) is 10.6 Å². The number of benzene rings is 1. The van der Waals surface area contributed by atoms with Crippen molar-refractivity contribution in [3.05, 3.63) is 78.4 Å². The Labute approximate surface area is 223 Å². The summed E-state index contributed by atoms with van der Waals surface area (Å²) >= 11 is 0. The van der Waals surface area contributed by atoms with Crippen LogP contribution in [0.3, 0.4) is 0 Å². The SMILES string of the molecule is CC(C)n1cnnc1-c1cccc(NC(=O)c2cc(NC(=O)c3ncccn3)ccc2F)n1.O=C(O)C(F)(F)F. The van der Waals surface area contributed by atoms with E-state index in [9.17, 15) is 27.2 Å². The summed E-state index contributed by atoms with van der Waals surface area (Å²) in [7, 11) is 0. The van der Waals surface area contributed by atoms with E-state index in [0.717, 1.165) is 6.07 Å². The molecule has 0 atom stereocenters. The summed E-state index contributed by atoms with van der Waals surface area (Å²) < 4.78 is 48.0. The maximum Gasteiger partial charge on any atom is 0.490 e. The number of amides is 2. The smallest absolute Gasteiger partial charge is 0.475 e. The van der Waals surface area contributed by atoms with Gasteiger partial charge in [-0.1, -0.05) is 6.07 Å². The molecule has 0 saturated carbocycles. The molecule has 3 N–H and O–H groups in total. The van der Waals surface area contributed by atoms with Crippen molar-refractivity contribution in [1.82, 2.24) is 29.7 Å². The van der Waals surface area contributed by atoms with E-state index < -0.39 is 29.8 Å². The van der Waals surface area contributed by atoms with Gasteiger partial charge >= 0.3 is 12.1 Å². The number of nitrogens with zero attached hydrogens (tertiary/aromatic N) is 6. The second kappa shape index (κ2) is 12.5. The number of halogens is 4. The predicted octanol–water partition coefficient (Wildman–Crippen LogP) is 3.99. The van der Waals surface area contributed by atoms with Gasteiger partial charge in [0.15, 0.2) is 5.82 Å². The standard InChI is InChI=1S/C22H19FN8O2.C2HF3O2/c1-13(2)31-12-26-30-20(31)17-5-3-6-18(28-17)29-21(32)15-11-14(7-8-16(15)23)27-22(33)19-24-9-4-10-25-19;3-2(4,5)1(6)7/h3-13H,1-2H3,(H,27,33)(H,28,29,32);(H,6,7). The van der Waals surface area contributed by atoms with Crippen LogP contribution in [0.2, 0.25) is 0 Å². The lowest BCUT2D eigenvalue weighted by Crippen LogP contribution is -2.21. The molecule has 0 saturated heterocycles. The molecule has 1 aromatic carbocycles. The largest absolute Gasteiger partial charge is 0.490 e. The first-order valence-corrected chi connectivity index (χ1v) is 11.2. The molecule has 3 heterocycles. The third kappa shape index (κ3) is 7.62. The molecule has 4 aromatic rings. The topological polar surface area (TPSA) is 165 Å². The van der Waals surface area contributed by atoms with Gasteiger partial charge in [-0.15, -0.1) is 10.2 Å². The lowest BCUT2D eigenvalue weighted by molar-refractivity contribution is -0.192. The Balaban J connectivity index is 0.000000559. The van der Waals surface area contributed by atoms with Crippen molar-refractivity contribution in [1.29, 1.82) is 0 Å². The monoisotopic (exact) mass is 560 g/mol. The van der Waals surface area contributed by atoms with Crippen molar-refractivity contribution in [2.45, 2.75) is 26.1 Å². The van der Waals surface area contributed by atoms with E-state index in [4.69, 9.17) is 9.90 Å². The van der Waals surface area contributed by atoms with Gasteiger partial charge < -0.3 is 20.3 Å². The number of nitrogens with one attached hydrogen (secondary N) is 2. The van der Waals surface area contributed by atoms with E-state index in [-0.39, 0.29) is 28.9 Å². The molecule has 0 radical (unpaired) electrons. The Kier molecular flexibility index (Phi) is 9.16. The van der Waals surface area contributed by atoms with E-state index >= 15 is 0 Å². The lowest BCUT2D eigenvalue weighted by atomic mass is 10.1. The summed E-state index contributed by atoms with van der Waals surface area (Å²) in [5.41, 5.74) is 0.452. The summed E-state index contributed by atoms with van der Waals surface area (Å²) in [6.45, 7) is 3.97. The van der Waals surface area contributed by atoms with Gasteiger partial charge in [-0.2, -0.15) is 13.2 Å². The molecule has 0 bridgehead atoms. The minimum absolute atomic E-state index is 0.0527. The number of carboxylic acid groups (broad SMARTS) is 1. The molecule has 3 aromatic heterocycles. The van der Waals surface area contributed by atoms with Crippen molar-refractivity contribution in [3.8, 4) is 11.5 Å². The third-order valence-corrected chi connectivity index (χ3v) is 4.83. The van der Waals surface area contributed by atoms with Crippen LogP contribution in [0, 0.1) is 5.82 Å². The number of carboxylic acids is 1. The van der Waals surface area contributed by atoms with E-state index in [1.807, 2.05) is 18.4 Å². The molecule has 208 valence electrons. The fraction of sp³-hybridized carbons (Fsp3) is 0.167. The van der Waals surface area contributed by atoms with E-state index in [1.165, 1.54) is 24.5 Å². The Hall–Kier alpha value is -5.28. The highest BCUT2D eigenvalue weighted by Gasteiger charge is 2.38. The summed E-state index contributed by atoms with van der Waals surface area (Å²) in [4.78, 5) is 46.0. The maximum absolute atomic E-state index is 14.4. The van der Waals surface area contributed by atoms with Gasteiger partial charge in [-0.25, -0.2) is 24.1 Å². The minimum Gasteiger partial charge on any atom is -0.475 e. The highest BCUT2D eigenvalue weighted by Crippen LogP contribution is 2.21. The summed E-state index contributed by atoms with van der Waals surface area (Å²) in [5, 5.41) is 20.3. The number of aliphatic carboxylic acids is 1. The van der Waals surface area contributed by atoms with Crippen molar-refractivity contribution < 1.29 is 37.1 Å². The van der Waals surface area contributed by atoms with E-state index in [0.29, 0.717) is 11.5 Å². The van der Waals surface area contributed by atoms with Crippen LogP contribution in [0.25, 0.3) is 11.5 Å².